The lowest BCUT2D eigenvalue weighted by Crippen LogP contribution is -2.58. The number of ether oxygens (including phenoxy) is 1. The van der Waals surface area contributed by atoms with Gasteiger partial charge in [-0.1, -0.05) is 72.3 Å². The minimum atomic E-state index is 0.266. The Balaban J connectivity index is 1.60. The number of hydrogen-bond acceptors (Lipinski definition) is 1. The van der Waals surface area contributed by atoms with Crippen LogP contribution in [0.25, 0.3) is 0 Å². The summed E-state index contributed by atoms with van der Waals surface area (Å²) in [4.78, 5) is 0. The minimum Gasteiger partial charge on any atom is -0.381 e. The molecule has 0 spiro atoms. The van der Waals surface area contributed by atoms with Gasteiger partial charge in [0, 0.05) is 7.11 Å². The molecule has 0 saturated heterocycles. The van der Waals surface area contributed by atoms with E-state index < -0.39 is 0 Å². The highest BCUT2D eigenvalue weighted by atomic mass is 16.5. The Hall–Kier alpha value is -0.560. The molecule has 1 heteroatoms. The Morgan fingerprint density at radius 2 is 1.70 bits per heavy atom. The maximum absolute atomic E-state index is 6.01. The third-order valence-electron chi connectivity index (χ3n) is 12.7. The third kappa shape index (κ3) is 3.65. The van der Waals surface area contributed by atoms with Crippen molar-refractivity contribution >= 4 is 0 Å². The van der Waals surface area contributed by atoms with E-state index in [1.54, 1.807) is 0 Å². The lowest BCUT2D eigenvalue weighted by Gasteiger charge is -2.64. The van der Waals surface area contributed by atoms with Gasteiger partial charge < -0.3 is 4.74 Å². The van der Waals surface area contributed by atoms with Crippen molar-refractivity contribution in [3.63, 3.8) is 0 Å². The molecule has 188 valence electrons. The molecule has 4 aliphatic rings. The molecule has 0 aromatic carbocycles. The smallest absolute Gasteiger partial charge is 0.0625 e. The van der Waals surface area contributed by atoms with E-state index in [2.05, 4.69) is 68.0 Å². The predicted molar refractivity (Wildman–Crippen MR) is 142 cm³/mol. The molecule has 0 radical (unpaired) electrons. The van der Waals surface area contributed by atoms with Crippen molar-refractivity contribution in [2.75, 3.05) is 7.11 Å². The van der Waals surface area contributed by atoms with Gasteiger partial charge in [0.05, 0.1) is 6.10 Å². The van der Waals surface area contributed by atoms with Crippen LogP contribution in [0.3, 0.4) is 0 Å². The highest BCUT2D eigenvalue weighted by molar-refractivity contribution is 5.32. The van der Waals surface area contributed by atoms with Gasteiger partial charge in [0.2, 0.25) is 0 Å². The summed E-state index contributed by atoms with van der Waals surface area (Å²) in [5.74, 6) is 3.88. The molecule has 3 saturated carbocycles. The van der Waals surface area contributed by atoms with Crippen molar-refractivity contribution in [3.05, 3.63) is 23.8 Å². The van der Waals surface area contributed by atoms with E-state index in [0.29, 0.717) is 28.3 Å². The van der Waals surface area contributed by atoms with Gasteiger partial charge in [-0.3, -0.25) is 0 Å². The number of hydrogen-bond donors (Lipinski definition) is 0. The Bertz CT molecular complexity index is 790. The average molecular weight is 455 g/mol. The lowest BCUT2D eigenvalue weighted by atomic mass is 9.41. The first kappa shape index (κ1) is 25.5. The predicted octanol–water partition coefficient (Wildman–Crippen LogP) is 9.24. The quantitative estimate of drug-likeness (QED) is 0.363. The van der Waals surface area contributed by atoms with Gasteiger partial charge in [0.25, 0.3) is 0 Å². The second-order valence-electron chi connectivity index (χ2n) is 14.3. The Kier molecular flexibility index (Phi) is 6.60. The fraction of sp³-hybridized carbons (Fsp3) is 0.875. The molecule has 0 aliphatic heterocycles. The topological polar surface area (TPSA) is 9.23 Å². The first-order valence-electron chi connectivity index (χ1n) is 14.2. The van der Waals surface area contributed by atoms with Crippen LogP contribution in [0, 0.1) is 51.2 Å². The number of methoxy groups -OCH3 is 1. The SMILES string of the molecule is C=C(C)C(C)CCC(C)C1CCC2(C)C3CCC4C(C)(CCC(OC)C4(C)C)C3=CCC12C. The number of fused-ring (bicyclic) bond motifs is 5. The Labute approximate surface area is 206 Å². The molecule has 33 heavy (non-hydrogen) atoms. The largest absolute Gasteiger partial charge is 0.381 e. The molecule has 1 nitrogen and oxygen atoms in total. The van der Waals surface area contributed by atoms with E-state index in [-0.39, 0.29) is 5.41 Å². The third-order valence-corrected chi connectivity index (χ3v) is 12.7. The van der Waals surface area contributed by atoms with Gasteiger partial charge in [0.15, 0.2) is 0 Å². The average Bonchev–Trinajstić information content (AvgIpc) is 3.03. The fourth-order valence-corrected chi connectivity index (χ4v) is 10.0. The van der Waals surface area contributed by atoms with Gasteiger partial charge >= 0.3 is 0 Å². The fourth-order valence-electron chi connectivity index (χ4n) is 10.0. The summed E-state index contributed by atoms with van der Waals surface area (Å²) in [5, 5.41) is 0. The van der Waals surface area contributed by atoms with Gasteiger partial charge in [-0.2, -0.15) is 0 Å². The van der Waals surface area contributed by atoms with Crippen LogP contribution in [0.15, 0.2) is 23.8 Å². The summed E-state index contributed by atoms with van der Waals surface area (Å²) in [6, 6.07) is 0. The molecule has 0 aromatic rings. The zero-order chi connectivity index (χ0) is 24.4. The highest BCUT2D eigenvalue weighted by Crippen LogP contribution is 2.73. The second-order valence-corrected chi connectivity index (χ2v) is 14.3. The molecule has 0 heterocycles. The van der Waals surface area contributed by atoms with Gasteiger partial charge in [-0.25, -0.2) is 0 Å². The zero-order valence-electron chi connectivity index (χ0n) is 23.5. The molecule has 3 fully saturated rings. The summed E-state index contributed by atoms with van der Waals surface area (Å²) in [6.45, 7) is 24.4. The summed E-state index contributed by atoms with van der Waals surface area (Å²) >= 11 is 0. The molecule has 0 N–H and O–H groups in total. The van der Waals surface area contributed by atoms with E-state index in [1.165, 1.54) is 63.4 Å². The van der Waals surface area contributed by atoms with E-state index in [4.69, 9.17) is 4.74 Å². The molecule has 9 atom stereocenters. The molecular formula is C32H54O. The van der Waals surface area contributed by atoms with Crippen LogP contribution in [-0.2, 0) is 4.74 Å². The summed E-state index contributed by atoms with van der Waals surface area (Å²) in [5.41, 5.74) is 4.77. The molecule has 0 aromatic heterocycles. The van der Waals surface area contributed by atoms with Crippen LogP contribution in [-0.4, -0.2) is 13.2 Å². The number of rotatable bonds is 6. The van der Waals surface area contributed by atoms with Crippen molar-refractivity contribution in [3.8, 4) is 0 Å². The van der Waals surface area contributed by atoms with Crippen LogP contribution in [0.5, 0.6) is 0 Å². The molecule has 4 aliphatic carbocycles. The van der Waals surface area contributed by atoms with Crippen LogP contribution in [0.1, 0.15) is 113 Å². The monoisotopic (exact) mass is 454 g/mol. The van der Waals surface area contributed by atoms with E-state index in [0.717, 1.165) is 23.7 Å². The summed E-state index contributed by atoms with van der Waals surface area (Å²) in [7, 11) is 1.93. The number of allylic oxidation sites excluding steroid dienone is 3. The molecule has 4 rings (SSSR count). The molecular weight excluding hydrogens is 400 g/mol. The van der Waals surface area contributed by atoms with E-state index >= 15 is 0 Å². The van der Waals surface area contributed by atoms with E-state index in [9.17, 15) is 0 Å². The molecule has 0 bridgehead atoms. The summed E-state index contributed by atoms with van der Waals surface area (Å²) in [6.07, 6.45) is 15.3. The van der Waals surface area contributed by atoms with Crippen molar-refractivity contribution in [1.29, 1.82) is 0 Å². The van der Waals surface area contributed by atoms with Gasteiger partial charge in [-0.05, 0) is 116 Å². The van der Waals surface area contributed by atoms with Gasteiger partial charge in [-0.15, -0.1) is 0 Å². The van der Waals surface area contributed by atoms with Crippen molar-refractivity contribution < 1.29 is 4.74 Å². The standard InChI is InChI=1S/C32H54O/c1-21(2)22(3)11-12-23(4)24-15-19-32(9)26-13-14-27-29(5,6)28(33-10)17-18-30(27,7)25(26)16-20-31(24,32)8/h16,22-24,26-28H,1,11-15,17-20H2,2-10H3. The minimum absolute atomic E-state index is 0.266. The van der Waals surface area contributed by atoms with Crippen molar-refractivity contribution in [2.45, 2.75) is 119 Å². The maximum Gasteiger partial charge on any atom is 0.0625 e. The zero-order valence-corrected chi connectivity index (χ0v) is 23.5. The van der Waals surface area contributed by atoms with Crippen molar-refractivity contribution in [2.24, 2.45) is 51.2 Å². The molecule has 0 amide bonds. The van der Waals surface area contributed by atoms with Crippen LogP contribution >= 0.6 is 0 Å². The first-order chi connectivity index (χ1) is 15.3. The lowest BCUT2D eigenvalue weighted by molar-refractivity contribution is -0.130. The normalized spacial score (nSPS) is 45.9. The van der Waals surface area contributed by atoms with Crippen molar-refractivity contribution in [1.82, 2.24) is 0 Å². The summed E-state index contributed by atoms with van der Waals surface area (Å²) < 4.78 is 6.01. The maximum atomic E-state index is 6.01. The van der Waals surface area contributed by atoms with Crippen LogP contribution in [0.4, 0.5) is 0 Å². The van der Waals surface area contributed by atoms with Gasteiger partial charge in [0.1, 0.15) is 0 Å². The highest BCUT2D eigenvalue weighted by Gasteiger charge is 2.65. The Morgan fingerprint density at radius 1 is 1.00 bits per heavy atom. The second kappa shape index (κ2) is 8.53. The Morgan fingerprint density at radius 3 is 2.33 bits per heavy atom. The first-order valence-corrected chi connectivity index (χ1v) is 14.2. The van der Waals surface area contributed by atoms with Crippen LogP contribution in [0.2, 0.25) is 0 Å². The molecule has 9 unspecified atom stereocenters. The van der Waals surface area contributed by atoms with Crippen LogP contribution < -0.4 is 0 Å². The van der Waals surface area contributed by atoms with E-state index in [1.807, 2.05) is 12.7 Å².